The first kappa shape index (κ1) is 9.05. The highest BCUT2D eigenvalue weighted by Crippen LogP contribution is 2.24. The molecule has 0 aliphatic carbocycles. The predicted molar refractivity (Wildman–Crippen MR) is 46.5 cm³/mol. The van der Waals surface area contributed by atoms with Gasteiger partial charge < -0.3 is 9.47 Å². The average Bonchev–Trinajstić information content (AvgIpc) is 2.61. The van der Waals surface area contributed by atoms with E-state index in [2.05, 4.69) is 20.9 Å². The summed E-state index contributed by atoms with van der Waals surface area (Å²) in [6.07, 6.45) is -0.655. The van der Waals surface area contributed by atoms with Gasteiger partial charge in [-0.2, -0.15) is 0 Å². The van der Waals surface area contributed by atoms with E-state index in [9.17, 15) is 4.39 Å². The van der Waals surface area contributed by atoms with Crippen molar-refractivity contribution >= 4 is 15.9 Å². The van der Waals surface area contributed by atoms with Crippen molar-refractivity contribution in [3.05, 3.63) is 28.2 Å². The molecule has 0 amide bonds. The van der Waals surface area contributed by atoms with Crippen LogP contribution in [-0.4, -0.2) is 18.2 Å². The van der Waals surface area contributed by atoms with Crippen LogP contribution in [0.5, 0.6) is 0 Å². The van der Waals surface area contributed by atoms with Crippen LogP contribution in [0.25, 0.3) is 0 Å². The van der Waals surface area contributed by atoms with Gasteiger partial charge in [-0.25, -0.2) is 9.37 Å². The largest absolute Gasteiger partial charge is 0.345 e. The van der Waals surface area contributed by atoms with Gasteiger partial charge in [-0.3, -0.25) is 0 Å². The second kappa shape index (κ2) is 3.69. The summed E-state index contributed by atoms with van der Waals surface area (Å²) in [5.41, 5.74) is 0.201. The molecule has 0 aromatic carbocycles. The Bertz CT molecular complexity index is 315. The molecule has 5 heteroatoms. The van der Waals surface area contributed by atoms with E-state index >= 15 is 0 Å². The Morgan fingerprint density at radius 1 is 1.38 bits per heavy atom. The Kier molecular flexibility index (Phi) is 2.57. The fourth-order valence-electron chi connectivity index (χ4n) is 1.11. The molecule has 0 atom stereocenters. The van der Waals surface area contributed by atoms with Crippen molar-refractivity contribution in [3.8, 4) is 0 Å². The van der Waals surface area contributed by atoms with Gasteiger partial charge in [0.25, 0.3) is 0 Å². The maximum Gasteiger partial charge on any atom is 0.204 e. The fraction of sp³-hybridized carbons (Fsp3) is 0.375. The standard InChI is InChI=1S/C8H7BrFNO2/c9-6-2-1-5(10)7(11-6)8-12-3-4-13-8/h1-2,8H,3-4H2. The van der Waals surface area contributed by atoms with Crippen LogP contribution in [0.4, 0.5) is 4.39 Å². The lowest BCUT2D eigenvalue weighted by atomic mass is 10.3. The van der Waals surface area contributed by atoms with Gasteiger partial charge in [0.1, 0.15) is 16.1 Å². The third-order valence-electron chi connectivity index (χ3n) is 1.68. The van der Waals surface area contributed by atoms with Crippen molar-refractivity contribution < 1.29 is 13.9 Å². The molecule has 0 spiro atoms. The lowest BCUT2D eigenvalue weighted by Crippen LogP contribution is -2.04. The zero-order chi connectivity index (χ0) is 9.26. The Labute approximate surface area is 83.0 Å². The second-order valence-corrected chi connectivity index (χ2v) is 3.39. The van der Waals surface area contributed by atoms with E-state index in [1.807, 2.05) is 0 Å². The first-order valence-corrected chi connectivity index (χ1v) is 4.62. The molecule has 70 valence electrons. The topological polar surface area (TPSA) is 31.4 Å². The Hall–Kier alpha value is -0.520. The molecule has 1 aromatic rings. The van der Waals surface area contributed by atoms with E-state index in [0.717, 1.165) is 0 Å². The number of hydrogen-bond donors (Lipinski definition) is 0. The van der Waals surface area contributed by atoms with Gasteiger partial charge in [0.2, 0.25) is 6.29 Å². The van der Waals surface area contributed by atoms with Crippen molar-refractivity contribution in [2.24, 2.45) is 0 Å². The van der Waals surface area contributed by atoms with Crippen molar-refractivity contribution in [2.75, 3.05) is 13.2 Å². The first-order chi connectivity index (χ1) is 6.27. The molecule has 2 heterocycles. The molecule has 0 radical (unpaired) electrons. The second-order valence-electron chi connectivity index (χ2n) is 2.57. The van der Waals surface area contributed by atoms with Crippen molar-refractivity contribution in [1.29, 1.82) is 0 Å². The highest BCUT2D eigenvalue weighted by Gasteiger charge is 2.23. The third kappa shape index (κ3) is 1.87. The summed E-state index contributed by atoms with van der Waals surface area (Å²) >= 11 is 3.15. The highest BCUT2D eigenvalue weighted by molar-refractivity contribution is 9.10. The van der Waals surface area contributed by atoms with Crippen LogP contribution in [0.3, 0.4) is 0 Å². The number of nitrogens with zero attached hydrogens (tertiary/aromatic N) is 1. The molecule has 0 N–H and O–H groups in total. The molecular formula is C8H7BrFNO2. The van der Waals surface area contributed by atoms with Gasteiger partial charge in [-0.1, -0.05) is 0 Å². The summed E-state index contributed by atoms with van der Waals surface area (Å²) < 4.78 is 24.0. The Morgan fingerprint density at radius 2 is 2.08 bits per heavy atom. The summed E-state index contributed by atoms with van der Waals surface area (Å²) in [5, 5.41) is 0. The number of rotatable bonds is 1. The minimum atomic E-state index is -0.655. The molecule has 1 saturated heterocycles. The highest BCUT2D eigenvalue weighted by atomic mass is 79.9. The van der Waals surface area contributed by atoms with Crippen molar-refractivity contribution in [3.63, 3.8) is 0 Å². The molecular weight excluding hydrogens is 241 g/mol. The SMILES string of the molecule is Fc1ccc(Br)nc1C1OCCO1. The number of hydrogen-bond acceptors (Lipinski definition) is 3. The van der Waals surface area contributed by atoms with Gasteiger partial charge in [-0.15, -0.1) is 0 Å². The minimum absolute atomic E-state index is 0.201. The number of halogens is 2. The molecule has 1 aliphatic heterocycles. The molecule has 0 bridgehead atoms. The Balaban J connectivity index is 2.32. The van der Waals surface area contributed by atoms with E-state index in [4.69, 9.17) is 9.47 Å². The number of pyridine rings is 1. The quantitative estimate of drug-likeness (QED) is 0.712. The normalized spacial score (nSPS) is 18.0. The van der Waals surface area contributed by atoms with E-state index in [1.165, 1.54) is 12.1 Å². The van der Waals surface area contributed by atoms with E-state index in [-0.39, 0.29) is 5.69 Å². The van der Waals surface area contributed by atoms with Crippen LogP contribution < -0.4 is 0 Å². The maximum absolute atomic E-state index is 13.2. The lowest BCUT2D eigenvalue weighted by Gasteiger charge is -2.08. The number of aromatic nitrogens is 1. The molecule has 0 unspecified atom stereocenters. The zero-order valence-electron chi connectivity index (χ0n) is 6.67. The maximum atomic E-state index is 13.2. The fourth-order valence-corrected chi connectivity index (χ4v) is 1.44. The summed E-state index contributed by atoms with van der Waals surface area (Å²) in [6.45, 7) is 0.969. The van der Waals surface area contributed by atoms with Crippen LogP contribution in [-0.2, 0) is 9.47 Å². The van der Waals surface area contributed by atoms with Crippen LogP contribution in [0.1, 0.15) is 12.0 Å². The van der Waals surface area contributed by atoms with Gasteiger partial charge >= 0.3 is 0 Å². The number of ether oxygens (including phenoxy) is 2. The van der Waals surface area contributed by atoms with Gasteiger partial charge in [0.15, 0.2) is 0 Å². The molecule has 0 saturated carbocycles. The molecule has 2 rings (SSSR count). The lowest BCUT2D eigenvalue weighted by molar-refractivity contribution is -0.0499. The molecule has 13 heavy (non-hydrogen) atoms. The molecule has 1 aliphatic rings. The van der Waals surface area contributed by atoms with E-state index in [1.54, 1.807) is 0 Å². The summed E-state index contributed by atoms with van der Waals surface area (Å²) in [5.74, 6) is -0.407. The summed E-state index contributed by atoms with van der Waals surface area (Å²) in [6, 6.07) is 2.87. The predicted octanol–water partition coefficient (Wildman–Crippen LogP) is 2.03. The monoisotopic (exact) mass is 247 g/mol. The summed E-state index contributed by atoms with van der Waals surface area (Å²) in [7, 11) is 0. The van der Waals surface area contributed by atoms with Gasteiger partial charge in [0, 0.05) is 0 Å². The molecule has 1 aromatic heterocycles. The van der Waals surface area contributed by atoms with Crippen LogP contribution in [0.15, 0.2) is 16.7 Å². The molecule has 1 fully saturated rings. The minimum Gasteiger partial charge on any atom is -0.345 e. The first-order valence-electron chi connectivity index (χ1n) is 3.82. The summed E-state index contributed by atoms with van der Waals surface area (Å²) in [4.78, 5) is 3.95. The zero-order valence-corrected chi connectivity index (χ0v) is 8.25. The third-order valence-corrected chi connectivity index (χ3v) is 2.13. The average molecular weight is 248 g/mol. The van der Waals surface area contributed by atoms with E-state index < -0.39 is 12.1 Å². The van der Waals surface area contributed by atoms with Crippen LogP contribution in [0, 0.1) is 5.82 Å². The van der Waals surface area contributed by atoms with Crippen LogP contribution >= 0.6 is 15.9 Å². The van der Waals surface area contributed by atoms with Crippen molar-refractivity contribution in [2.45, 2.75) is 6.29 Å². The van der Waals surface area contributed by atoms with Gasteiger partial charge in [-0.05, 0) is 28.1 Å². The Morgan fingerprint density at radius 3 is 2.77 bits per heavy atom. The van der Waals surface area contributed by atoms with Crippen molar-refractivity contribution in [1.82, 2.24) is 4.98 Å². The van der Waals surface area contributed by atoms with E-state index in [0.29, 0.717) is 17.8 Å². The molecule has 3 nitrogen and oxygen atoms in total. The van der Waals surface area contributed by atoms with Crippen LogP contribution in [0.2, 0.25) is 0 Å². The van der Waals surface area contributed by atoms with Gasteiger partial charge in [0.05, 0.1) is 13.2 Å². The smallest absolute Gasteiger partial charge is 0.204 e.